The van der Waals surface area contributed by atoms with Gasteiger partial charge in [0.15, 0.2) is 0 Å². The zero-order valence-electron chi connectivity index (χ0n) is 17.4. The first-order chi connectivity index (χ1) is 15.6. The van der Waals surface area contributed by atoms with E-state index in [-0.39, 0.29) is 10.2 Å². The molecule has 4 aliphatic heterocycles. The van der Waals surface area contributed by atoms with E-state index >= 15 is 0 Å². The third-order valence-electron chi connectivity index (χ3n) is 6.59. The summed E-state index contributed by atoms with van der Waals surface area (Å²) in [4.78, 5) is 26.7. The Bertz CT molecular complexity index is 1020. The number of benzene rings is 2. The number of rotatable bonds is 7. The Morgan fingerprint density at radius 1 is 0.719 bits per heavy atom. The minimum Gasteiger partial charge on any atom is -0.494 e. The van der Waals surface area contributed by atoms with Gasteiger partial charge in [0.25, 0.3) is 0 Å². The first kappa shape index (κ1) is 20.6. The summed E-state index contributed by atoms with van der Waals surface area (Å²) in [5, 5.41) is 0.358. The number of carbonyl (C=O) groups is 2. The summed E-state index contributed by atoms with van der Waals surface area (Å²) in [6, 6.07) is 11.8. The fraction of sp³-hybridized carbons (Fsp3) is 0.417. The van der Waals surface area contributed by atoms with E-state index < -0.39 is 10.8 Å². The van der Waals surface area contributed by atoms with Crippen LogP contribution in [0.3, 0.4) is 0 Å². The fourth-order valence-corrected chi connectivity index (χ4v) is 6.73. The SMILES string of the molecule is O=C1Sc2ccc(OCCCCOc3ccc4c(c3)C3(COC3)C(=O)S4)cc2C12COC2. The van der Waals surface area contributed by atoms with Crippen LogP contribution in [-0.4, -0.2) is 49.9 Å². The molecule has 0 aromatic heterocycles. The molecule has 2 saturated heterocycles. The molecule has 2 spiro atoms. The second-order valence-electron chi connectivity index (χ2n) is 8.65. The van der Waals surface area contributed by atoms with Crippen molar-refractivity contribution >= 4 is 33.8 Å². The number of thioether (sulfide) groups is 2. The lowest BCUT2D eigenvalue weighted by molar-refractivity contribution is -0.133. The van der Waals surface area contributed by atoms with Crippen LogP contribution in [0.5, 0.6) is 11.5 Å². The summed E-state index contributed by atoms with van der Waals surface area (Å²) in [6.45, 7) is 3.05. The lowest BCUT2D eigenvalue weighted by Crippen LogP contribution is -2.49. The average Bonchev–Trinajstić information content (AvgIpc) is 3.19. The Morgan fingerprint density at radius 2 is 1.16 bits per heavy atom. The molecule has 0 unspecified atom stereocenters. The minimum absolute atomic E-state index is 0.179. The molecule has 32 heavy (non-hydrogen) atoms. The van der Waals surface area contributed by atoms with Gasteiger partial charge in [0.1, 0.15) is 22.3 Å². The Hall–Kier alpha value is -2.00. The third kappa shape index (κ3) is 3.11. The van der Waals surface area contributed by atoms with Crippen molar-refractivity contribution in [3.05, 3.63) is 47.5 Å². The molecule has 6 nitrogen and oxygen atoms in total. The predicted molar refractivity (Wildman–Crippen MR) is 120 cm³/mol. The number of fused-ring (bicyclic) bond motifs is 4. The molecule has 0 bridgehead atoms. The number of carbonyl (C=O) groups excluding carboxylic acids is 2. The number of hydrogen-bond acceptors (Lipinski definition) is 8. The molecule has 2 aromatic rings. The smallest absolute Gasteiger partial charge is 0.208 e. The largest absolute Gasteiger partial charge is 0.494 e. The van der Waals surface area contributed by atoms with Crippen molar-refractivity contribution < 1.29 is 28.5 Å². The van der Waals surface area contributed by atoms with Gasteiger partial charge in [-0.3, -0.25) is 9.59 Å². The molecule has 2 aromatic carbocycles. The highest BCUT2D eigenvalue weighted by Gasteiger charge is 2.54. The Morgan fingerprint density at radius 3 is 1.53 bits per heavy atom. The van der Waals surface area contributed by atoms with Crippen LogP contribution in [0.2, 0.25) is 0 Å². The first-order valence-electron chi connectivity index (χ1n) is 10.8. The van der Waals surface area contributed by atoms with Crippen LogP contribution in [0.25, 0.3) is 0 Å². The van der Waals surface area contributed by atoms with E-state index in [0.717, 1.165) is 45.3 Å². The van der Waals surface area contributed by atoms with Gasteiger partial charge in [-0.15, -0.1) is 0 Å². The molecule has 0 atom stereocenters. The molecule has 0 aliphatic carbocycles. The Labute approximate surface area is 194 Å². The Kier molecular flexibility index (Phi) is 5.02. The van der Waals surface area contributed by atoms with Crippen LogP contribution >= 0.6 is 23.5 Å². The summed E-state index contributed by atoms with van der Waals surface area (Å²) in [5.41, 5.74) is 1.16. The standard InChI is InChI=1S/C24H22O6S2/c25-21-23(11-27-12-23)17-9-15(3-5-19(17)31-21)29-7-1-2-8-30-16-4-6-20-18(10-16)24(13-28-14-24)22(26)32-20/h3-6,9-10H,1-2,7-8,11-14H2. The number of unbranched alkanes of at least 4 members (excludes halogenated alkanes) is 1. The first-order valence-corrected chi connectivity index (χ1v) is 12.4. The van der Waals surface area contributed by atoms with E-state index in [2.05, 4.69) is 0 Å². The van der Waals surface area contributed by atoms with Gasteiger partial charge in [-0.25, -0.2) is 0 Å². The van der Waals surface area contributed by atoms with E-state index in [4.69, 9.17) is 18.9 Å². The van der Waals surface area contributed by atoms with Gasteiger partial charge in [0.2, 0.25) is 10.2 Å². The predicted octanol–water partition coefficient (Wildman–Crippen LogP) is 3.73. The normalized spacial score (nSPS) is 21.2. The molecule has 4 heterocycles. The lowest BCUT2D eigenvalue weighted by atomic mass is 9.80. The molecule has 8 heteroatoms. The van der Waals surface area contributed by atoms with Gasteiger partial charge < -0.3 is 18.9 Å². The van der Waals surface area contributed by atoms with Crippen LogP contribution < -0.4 is 9.47 Å². The maximum absolute atomic E-state index is 12.3. The van der Waals surface area contributed by atoms with Crippen LogP contribution in [0, 0.1) is 0 Å². The second kappa shape index (κ2) is 7.80. The van der Waals surface area contributed by atoms with Crippen molar-refractivity contribution in [3.63, 3.8) is 0 Å². The topological polar surface area (TPSA) is 71.1 Å². The molecule has 0 N–H and O–H groups in total. The summed E-state index contributed by atoms with van der Waals surface area (Å²) in [7, 11) is 0. The summed E-state index contributed by atoms with van der Waals surface area (Å²) in [5.74, 6) is 1.58. The summed E-state index contributed by atoms with van der Waals surface area (Å²) < 4.78 is 22.5. The maximum Gasteiger partial charge on any atom is 0.208 e. The zero-order valence-corrected chi connectivity index (χ0v) is 19.0. The minimum atomic E-state index is -0.462. The van der Waals surface area contributed by atoms with E-state index in [0.29, 0.717) is 39.6 Å². The van der Waals surface area contributed by atoms with E-state index in [9.17, 15) is 9.59 Å². The van der Waals surface area contributed by atoms with Crippen LogP contribution in [0.1, 0.15) is 24.0 Å². The molecule has 2 fully saturated rings. The monoisotopic (exact) mass is 470 g/mol. The van der Waals surface area contributed by atoms with Crippen molar-refractivity contribution in [2.75, 3.05) is 39.6 Å². The lowest BCUT2D eigenvalue weighted by Gasteiger charge is -2.36. The summed E-state index contributed by atoms with van der Waals surface area (Å²) >= 11 is 2.62. The van der Waals surface area contributed by atoms with Gasteiger partial charge >= 0.3 is 0 Å². The van der Waals surface area contributed by atoms with Gasteiger partial charge in [-0.1, -0.05) is 23.5 Å². The second-order valence-corrected chi connectivity index (χ2v) is 10.7. The fourth-order valence-electron chi connectivity index (χ4n) is 4.48. The van der Waals surface area contributed by atoms with Crippen LogP contribution in [-0.2, 0) is 29.9 Å². The van der Waals surface area contributed by atoms with E-state index in [1.165, 1.54) is 23.5 Å². The molecular weight excluding hydrogens is 448 g/mol. The zero-order chi connectivity index (χ0) is 21.8. The highest BCUT2D eigenvalue weighted by molar-refractivity contribution is 8.14. The van der Waals surface area contributed by atoms with Crippen LogP contribution in [0.4, 0.5) is 0 Å². The maximum atomic E-state index is 12.3. The molecule has 0 amide bonds. The van der Waals surface area contributed by atoms with Gasteiger partial charge in [-0.2, -0.15) is 0 Å². The molecule has 166 valence electrons. The third-order valence-corrected chi connectivity index (χ3v) is 8.89. The van der Waals surface area contributed by atoms with Crippen LogP contribution in [0.15, 0.2) is 46.2 Å². The molecule has 0 radical (unpaired) electrons. The molecule has 4 aliphatic rings. The molecule has 0 saturated carbocycles. The van der Waals surface area contributed by atoms with Crippen molar-refractivity contribution in [2.24, 2.45) is 0 Å². The van der Waals surface area contributed by atoms with Gasteiger partial charge in [0.05, 0.1) is 39.6 Å². The van der Waals surface area contributed by atoms with Crippen molar-refractivity contribution in [1.82, 2.24) is 0 Å². The van der Waals surface area contributed by atoms with E-state index in [1.54, 1.807) is 0 Å². The quantitative estimate of drug-likeness (QED) is 0.567. The van der Waals surface area contributed by atoms with Crippen molar-refractivity contribution in [3.8, 4) is 11.5 Å². The summed E-state index contributed by atoms with van der Waals surface area (Å²) in [6.07, 6.45) is 1.71. The average molecular weight is 471 g/mol. The number of hydrogen-bond donors (Lipinski definition) is 0. The van der Waals surface area contributed by atoms with E-state index in [1.807, 2.05) is 36.4 Å². The van der Waals surface area contributed by atoms with Gasteiger partial charge in [0, 0.05) is 9.79 Å². The molecular formula is C24H22O6S2. The highest BCUT2D eigenvalue weighted by atomic mass is 32.2. The number of ether oxygens (including phenoxy) is 4. The highest BCUT2D eigenvalue weighted by Crippen LogP contribution is 2.51. The Balaban J connectivity index is 0.993. The van der Waals surface area contributed by atoms with Gasteiger partial charge in [-0.05, 0) is 60.4 Å². The molecule has 6 rings (SSSR count). The van der Waals surface area contributed by atoms with Crippen molar-refractivity contribution in [1.29, 1.82) is 0 Å². The van der Waals surface area contributed by atoms with Crippen molar-refractivity contribution in [2.45, 2.75) is 33.5 Å².